The van der Waals surface area contributed by atoms with Gasteiger partial charge in [0.2, 0.25) is 0 Å². The molecule has 0 saturated heterocycles. The van der Waals surface area contributed by atoms with Crippen LogP contribution in [-0.4, -0.2) is 35.5 Å². The van der Waals surface area contributed by atoms with Crippen molar-refractivity contribution in [2.45, 2.75) is 10.5 Å². The molecule has 1 aliphatic rings. The van der Waals surface area contributed by atoms with Crippen LogP contribution in [0.4, 0.5) is 13.2 Å². The number of carbonyl (C=O) groups is 2. The molecule has 27 heavy (non-hydrogen) atoms. The quantitative estimate of drug-likeness (QED) is 0.609. The predicted octanol–water partition coefficient (Wildman–Crippen LogP) is 2.54. The van der Waals surface area contributed by atoms with E-state index in [2.05, 4.69) is 15.8 Å². The van der Waals surface area contributed by atoms with Gasteiger partial charge in [-0.1, -0.05) is 0 Å². The van der Waals surface area contributed by atoms with Gasteiger partial charge in [0, 0.05) is 23.5 Å². The van der Waals surface area contributed by atoms with E-state index in [9.17, 15) is 22.8 Å². The Balaban J connectivity index is 1.67. The molecular weight excluding hydrogens is 387 g/mol. The summed E-state index contributed by atoms with van der Waals surface area (Å²) in [6, 6.07) is 6.93. The zero-order valence-electron chi connectivity index (χ0n) is 13.5. The first kappa shape index (κ1) is 18.8. The van der Waals surface area contributed by atoms with Crippen LogP contribution in [0.3, 0.4) is 0 Å². The molecule has 0 spiro atoms. The van der Waals surface area contributed by atoms with Gasteiger partial charge in [-0.15, -0.1) is 0 Å². The third-order valence-corrected chi connectivity index (χ3v) is 4.07. The van der Waals surface area contributed by atoms with Crippen molar-refractivity contribution < 1.29 is 32.2 Å². The number of hydrogen-bond donors (Lipinski definition) is 2. The summed E-state index contributed by atoms with van der Waals surface area (Å²) in [5, 5.41) is -0.518. The van der Waals surface area contributed by atoms with Crippen LogP contribution in [0.2, 0.25) is 0 Å². The Bertz CT molecular complexity index is 876. The molecule has 1 aromatic carbocycles. The van der Waals surface area contributed by atoms with Crippen molar-refractivity contribution in [2.24, 2.45) is 0 Å². The molecule has 2 heterocycles. The molecule has 0 bridgehead atoms. The number of aromatic nitrogens is 1. The third kappa shape index (κ3) is 4.82. The third-order valence-electron chi connectivity index (χ3n) is 3.32. The summed E-state index contributed by atoms with van der Waals surface area (Å²) in [6.45, 7) is 0.743. The van der Waals surface area contributed by atoms with E-state index in [0.29, 0.717) is 24.7 Å². The molecule has 1 aliphatic heterocycles. The Labute approximate surface area is 155 Å². The first-order valence-electron chi connectivity index (χ1n) is 7.54. The van der Waals surface area contributed by atoms with Gasteiger partial charge in [-0.2, -0.15) is 13.2 Å². The van der Waals surface area contributed by atoms with E-state index in [-0.39, 0.29) is 11.1 Å². The zero-order valence-corrected chi connectivity index (χ0v) is 14.3. The summed E-state index contributed by atoms with van der Waals surface area (Å²) in [5.74, 6) is -0.725. The van der Waals surface area contributed by atoms with E-state index in [1.165, 1.54) is 24.3 Å². The van der Waals surface area contributed by atoms with Crippen molar-refractivity contribution in [2.75, 3.05) is 13.2 Å². The van der Waals surface area contributed by atoms with Gasteiger partial charge in [0.05, 0.1) is 5.56 Å². The molecule has 0 unspecified atom stereocenters. The number of rotatable bonds is 3. The SMILES string of the molecule is O=C(NNC(=O)c1cccnc1SC(F)(F)F)c1ccc2c(c1)OCCO2. The van der Waals surface area contributed by atoms with Crippen LogP contribution < -0.4 is 20.3 Å². The number of halogens is 3. The molecule has 7 nitrogen and oxygen atoms in total. The van der Waals surface area contributed by atoms with Gasteiger partial charge in [0.15, 0.2) is 11.5 Å². The fraction of sp³-hybridized carbons (Fsp3) is 0.188. The summed E-state index contributed by atoms with van der Waals surface area (Å²) >= 11 is -0.513. The molecule has 0 atom stereocenters. The van der Waals surface area contributed by atoms with Crippen molar-refractivity contribution in [1.82, 2.24) is 15.8 Å². The summed E-state index contributed by atoms with van der Waals surface area (Å²) in [5.41, 5.74) is -0.527. The summed E-state index contributed by atoms with van der Waals surface area (Å²) < 4.78 is 48.4. The number of thioether (sulfide) groups is 1. The van der Waals surface area contributed by atoms with Gasteiger partial charge in [-0.05, 0) is 30.3 Å². The summed E-state index contributed by atoms with van der Waals surface area (Å²) in [7, 11) is 0. The zero-order chi connectivity index (χ0) is 19.4. The topological polar surface area (TPSA) is 89.6 Å². The molecule has 0 fully saturated rings. The standard InChI is InChI=1S/C16H12F3N3O4S/c17-16(18,19)27-15-10(2-1-5-20-15)14(24)22-21-13(23)9-3-4-11-12(8-9)26-7-6-25-11/h1-5,8H,6-7H2,(H,21,23)(H,22,24). The molecule has 3 rings (SSSR count). The average Bonchev–Trinajstić information content (AvgIpc) is 2.64. The Morgan fingerprint density at radius 1 is 1.04 bits per heavy atom. The number of nitrogens with zero attached hydrogens (tertiary/aromatic N) is 1. The van der Waals surface area contributed by atoms with E-state index in [1.54, 1.807) is 6.07 Å². The number of benzene rings is 1. The molecule has 142 valence electrons. The minimum Gasteiger partial charge on any atom is -0.486 e. The van der Waals surface area contributed by atoms with Gasteiger partial charge >= 0.3 is 5.51 Å². The Morgan fingerprint density at radius 3 is 2.48 bits per heavy atom. The largest absolute Gasteiger partial charge is 0.486 e. The van der Waals surface area contributed by atoms with Crippen LogP contribution in [-0.2, 0) is 0 Å². The van der Waals surface area contributed by atoms with Crippen LogP contribution in [0.25, 0.3) is 0 Å². The van der Waals surface area contributed by atoms with Crippen LogP contribution in [0.15, 0.2) is 41.6 Å². The molecule has 1 aromatic heterocycles. The van der Waals surface area contributed by atoms with Crippen molar-refractivity contribution in [3.8, 4) is 11.5 Å². The maximum atomic E-state index is 12.6. The van der Waals surface area contributed by atoms with Crippen molar-refractivity contribution in [3.05, 3.63) is 47.7 Å². The van der Waals surface area contributed by atoms with Gasteiger partial charge in [-0.25, -0.2) is 4.98 Å². The monoisotopic (exact) mass is 399 g/mol. The second-order valence-electron chi connectivity index (χ2n) is 5.17. The second-order valence-corrected chi connectivity index (χ2v) is 6.22. The minimum absolute atomic E-state index is 0.177. The minimum atomic E-state index is -4.60. The predicted molar refractivity (Wildman–Crippen MR) is 88.5 cm³/mol. The second kappa shape index (κ2) is 7.74. The van der Waals surface area contributed by atoms with Gasteiger partial charge in [-0.3, -0.25) is 20.4 Å². The maximum absolute atomic E-state index is 12.6. The molecule has 0 saturated carbocycles. The van der Waals surface area contributed by atoms with Crippen molar-refractivity contribution in [1.29, 1.82) is 0 Å². The van der Waals surface area contributed by atoms with Crippen LogP contribution in [0.5, 0.6) is 11.5 Å². The first-order chi connectivity index (χ1) is 12.8. The fourth-order valence-corrected chi connectivity index (χ4v) is 2.80. The highest BCUT2D eigenvalue weighted by Crippen LogP contribution is 2.37. The molecule has 0 radical (unpaired) electrons. The normalized spacial score (nSPS) is 13.0. The highest BCUT2D eigenvalue weighted by Gasteiger charge is 2.32. The fourth-order valence-electron chi connectivity index (χ4n) is 2.19. The Hall–Kier alpha value is -2.95. The highest BCUT2D eigenvalue weighted by molar-refractivity contribution is 8.00. The van der Waals surface area contributed by atoms with E-state index in [1.807, 2.05) is 0 Å². The van der Waals surface area contributed by atoms with Crippen LogP contribution in [0.1, 0.15) is 20.7 Å². The maximum Gasteiger partial charge on any atom is 0.447 e. The molecule has 2 amide bonds. The van der Waals surface area contributed by atoms with Crippen LogP contribution >= 0.6 is 11.8 Å². The Kier molecular flexibility index (Phi) is 5.40. The molecule has 2 aromatic rings. The number of alkyl halides is 3. The van der Waals surface area contributed by atoms with E-state index < -0.39 is 34.1 Å². The summed E-state index contributed by atoms with van der Waals surface area (Å²) in [6.07, 6.45) is 1.14. The number of pyridine rings is 1. The number of amides is 2. The number of fused-ring (bicyclic) bond motifs is 1. The lowest BCUT2D eigenvalue weighted by atomic mass is 10.2. The average molecular weight is 399 g/mol. The molecule has 0 aliphatic carbocycles. The number of ether oxygens (including phenoxy) is 2. The number of hydrogen-bond acceptors (Lipinski definition) is 6. The van der Waals surface area contributed by atoms with E-state index >= 15 is 0 Å². The number of nitrogens with one attached hydrogen (secondary N) is 2. The molecule has 2 N–H and O–H groups in total. The lowest BCUT2D eigenvalue weighted by Gasteiger charge is -2.18. The first-order valence-corrected chi connectivity index (χ1v) is 8.36. The number of carbonyl (C=O) groups excluding carboxylic acids is 2. The lowest BCUT2D eigenvalue weighted by Crippen LogP contribution is -2.42. The number of hydrazine groups is 1. The molecular formula is C16H12F3N3O4S. The van der Waals surface area contributed by atoms with E-state index in [0.717, 1.165) is 6.20 Å². The van der Waals surface area contributed by atoms with E-state index in [4.69, 9.17) is 9.47 Å². The van der Waals surface area contributed by atoms with Crippen molar-refractivity contribution >= 4 is 23.6 Å². The van der Waals surface area contributed by atoms with Gasteiger partial charge in [0.25, 0.3) is 11.8 Å². The highest BCUT2D eigenvalue weighted by atomic mass is 32.2. The Morgan fingerprint density at radius 2 is 1.74 bits per heavy atom. The van der Waals surface area contributed by atoms with Gasteiger partial charge in [0.1, 0.15) is 18.2 Å². The summed E-state index contributed by atoms with van der Waals surface area (Å²) in [4.78, 5) is 27.8. The molecule has 11 heteroatoms. The van der Waals surface area contributed by atoms with Crippen LogP contribution in [0, 0.1) is 0 Å². The van der Waals surface area contributed by atoms with Crippen molar-refractivity contribution in [3.63, 3.8) is 0 Å². The lowest BCUT2D eigenvalue weighted by molar-refractivity contribution is -0.0329. The van der Waals surface area contributed by atoms with Gasteiger partial charge < -0.3 is 9.47 Å². The smallest absolute Gasteiger partial charge is 0.447 e.